The van der Waals surface area contributed by atoms with Gasteiger partial charge < -0.3 is 10.2 Å². The minimum Gasteiger partial charge on any atom is -0.350 e. The molecule has 2 amide bonds. The van der Waals surface area contributed by atoms with E-state index in [1.54, 1.807) is 23.3 Å². The maximum atomic E-state index is 12.8. The largest absolute Gasteiger partial charge is 0.350 e. The number of amides is 2. The van der Waals surface area contributed by atoms with Crippen LogP contribution in [0.5, 0.6) is 0 Å². The second kappa shape index (κ2) is 6.83. The molecule has 0 spiro atoms. The van der Waals surface area contributed by atoms with Crippen LogP contribution in [0.2, 0.25) is 0 Å². The average Bonchev–Trinajstić information content (AvgIpc) is 3.30. The summed E-state index contributed by atoms with van der Waals surface area (Å²) >= 11 is 1.68. The number of aryl methyl sites for hydroxylation is 1. The topological polar surface area (TPSA) is 62.3 Å². The maximum absolute atomic E-state index is 12.8. The number of rotatable bonds is 5. The molecule has 2 aliphatic rings. The molecule has 2 atom stereocenters. The summed E-state index contributed by atoms with van der Waals surface area (Å²) in [6.45, 7) is 2.46. The number of thiazole rings is 1. The summed E-state index contributed by atoms with van der Waals surface area (Å²) in [5.74, 6) is 0.211. The molecule has 1 aromatic heterocycles. The number of hydrogen-bond acceptors (Lipinski definition) is 4. The molecule has 1 aliphatic heterocycles. The molecule has 2 heterocycles. The number of carbonyl (C=O) groups excluding carboxylic acids is 2. The van der Waals surface area contributed by atoms with Gasteiger partial charge in [-0.05, 0) is 25.3 Å². The number of hydrogen-bond donors (Lipinski definition) is 1. The van der Waals surface area contributed by atoms with Gasteiger partial charge in [-0.25, -0.2) is 4.98 Å². The van der Waals surface area contributed by atoms with Crippen LogP contribution in [0.1, 0.15) is 53.1 Å². The van der Waals surface area contributed by atoms with E-state index in [1.165, 1.54) is 17.8 Å². The lowest BCUT2D eigenvalue weighted by molar-refractivity contribution is -0.128. The lowest BCUT2D eigenvalue weighted by Gasteiger charge is -2.25. The van der Waals surface area contributed by atoms with Crippen LogP contribution in [0.25, 0.3) is 0 Å². The van der Waals surface area contributed by atoms with E-state index in [4.69, 9.17) is 0 Å². The summed E-state index contributed by atoms with van der Waals surface area (Å²) in [6, 6.07) is 7.86. The van der Waals surface area contributed by atoms with Gasteiger partial charge >= 0.3 is 0 Å². The summed E-state index contributed by atoms with van der Waals surface area (Å²) in [5, 5.41) is 6.20. The van der Waals surface area contributed by atoms with Gasteiger partial charge in [-0.1, -0.05) is 29.8 Å². The Balaban J connectivity index is 1.45. The third kappa shape index (κ3) is 3.38. The first kappa shape index (κ1) is 17.2. The van der Waals surface area contributed by atoms with Crippen molar-refractivity contribution in [3.8, 4) is 0 Å². The highest BCUT2D eigenvalue weighted by Gasteiger charge is 2.42. The van der Waals surface area contributed by atoms with Crippen LogP contribution in [0.3, 0.4) is 0 Å². The van der Waals surface area contributed by atoms with Crippen molar-refractivity contribution >= 4 is 23.2 Å². The zero-order valence-electron chi connectivity index (χ0n) is 15.1. The summed E-state index contributed by atoms with van der Waals surface area (Å²) in [7, 11) is 1.78. The summed E-state index contributed by atoms with van der Waals surface area (Å²) in [6.07, 6.45) is 2.72. The average molecular weight is 369 g/mol. The SMILES string of the molecule is Cc1ccc(C2C(C(=O)NCc3csc(C4CC4)n3)CC(=O)N2C)cc1. The number of carbonyl (C=O) groups is 2. The molecule has 1 saturated heterocycles. The molecule has 2 fully saturated rings. The van der Waals surface area contributed by atoms with Gasteiger partial charge in [0.1, 0.15) is 0 Å². The number of benzene rings is 1. The molecule has 136 valence electrons. The van der Waals surface area contributed by atoms with E-state index in [0.29, 0.717) is 12.5 Å². The summed E-state index contributed by atoms with van der Waals surface area (Å²) in [4.78, 5) is 31.3. The Bertz CT molecular complexity index is 826. The van der Waals surface area contributed by atoms with Gasteiger partial charge in [0.25, 0.3) is 0 Å². The van der Waals surface area contributed by atoms with Crippen molar-refractivity contribution in [1.29, 1.82) is 0 Å². The van der Waals surface area contributed by atoms with Gasteiger partial charge in [0.15, 0.2) is 0 Å². The predicted octanol–water partition coefficient (Wildman–Crippen LogP) is 3.16. The lowest BCUT2D eigenvalue weighted by atomic mass is 9.92. The highest BCUT2D eigenvalue weighted by molar-refractivity contribution is 7.09. The first-order valence-corrected chi connectivity index (χ1v) is 9.95. The second-order valence-electron chi connectivity index (χ2n) is 7.34. The van der Waals surface area contributed by atoms with E-state index in [1.807, 2.05) is 36.6 Å². The zero-order valence-corrected chi connectivity index (χ0v) is 15.9. The monoisotopic (exact) mass is 369 g/mol. The van der Waals surface area contributed by atoms with Gasteiger partial charge in [-0.3, -0.25) is 9.59 Å². The van der Waals surface area contributed by atoms with Crippen molar-refractivity contribution in [1.82, 2.24) is 15.2 Å². The molecule has 1 N–H and O–H groups in total. The van der Waals surface area contributed by atoms with Crippen LogP contribution in [-0.4, -0.2) is 28.7 Å². The fourth-order valence-corrected chi connectivity index (χ4v) is 4.55. The Morgan fingerprint density at radius 2 is 2.04 bits per heavy atom. The molecule has 1 aromatic carbocycles. The summed E-state index contributed by atoms with van der Waals surface area (Å²) in [5.41, 5.74) is 3.08. The third-order valence-electron chi connectivity index (χ3n) is 5.28. The zero-order chi connectivity index (χ0) is 18.3. The van der Waals surface area contributed by atoms with Gasteiger partial charge in [-0.15, -0.1) is 11.3 Å². The minimum absolute atomic E-state index is 0.0143. The van der Waals surface area contributed by atoms with Gasteiger partial charge in [-0.2, -0.15) is 0 Å². The fourth-order valence-electron chi connectivity index (χ4n) is 3.55. The molecule has 6 heteroatoms. The molecular weight excluding hydrogens is 346 g/mol. The van der Waals surface area contributed by atoms with Crippen LogP contribution < -0.4 is 5.32 Å². The molecule has 5 nitrogen and oxygen atoms in total. The lowest BCUT2D eigenvalue weighted by Crippen LogP contribution is -2.34. The van der Waals surface area contributed by atoms with Crippen molar-refractivity contribution < 1.29 is 9.59 Å². The molecule has 1 saturated carbocycles. The molecule has 0 radical (unpaired) electrons. The van der Waals surface area contributed by atoms with E-state index in [-0.39, 0.29) is 30.2 Å². The van der Waals surface area contributed by atoms with Crippen molar-refractivity contribution in [2.75, 3.05) is 7.05 Å². The minimum atomic E-state index is -0.364. The second-order valence-corrected chi connectivity index (χ2v) is 8.23. The third-order valence-corrected chi connectivity index (χ3v) is 6.34. The number of nitrogens with zero attached hydrogens (tertiary/aromatic N) is 2. The first-order valence-electron chi connectivity index (χ1n) is 9.07. The van der Waals surface area contributed by atoms with Gasteiger partial charge in [0, 0.05) is 24.8 Å². The standard InChI is InChI=1S/C20H23N3O2S/c1-12-3-5-13(6-4-12)18-16(9-17(24)23(18)2)19(25)21-10-15-11-26-20(22-15)14-7-8-14/h3-6,11,14,16,18H,7-10H2,1-2H3,(H,21,25). The number of nitrogens with one attached hydrogen (secondary N) is 1. The van der Waals surface area contributed by atoms with Crippen LogP contribution in [0.15, 0.2) is 29.6 Å². The van der Waals surface area contributed by atoms with Crippen LogP contribution >= 0.6 is 11.3 Å². The Morgan fingerprint density at radius 3 is 2.73 bits per heavy atom. The van der Waals surface area contributed by atoms with Crippen molar-refractivity contribution in [3.05, 3.63) is 51.5 Å². The molecule has 0 bridgehead atoms. The molecular formula is C20H23N3O2S. The van der Waals surface area contributed by atoms with E-state index in [9.17, 15) is 9.59 Å². The molecule has 1 aliphatic carbocycles. The molecule has 2 aromatic rings. The van der Waals surface area contributed by atoms with E-state index < -0.39 is 0 Å². The number of aromatic nitrogens is 1. The smallest absolute Gasteiger partial charge is 0.226 e. The Labute approximate surface area is 157 Å². The normalized spacial score (nSPS) is 22.7. The van der Waals surface area contributed by atoms with Crippen molar-refractivity contribution in [2.45, 2.75) is 44.7 Å². The first-order chi connectivity index (χ1) is 12.5. The molecule has 4 rings (SSSR count). The highest BCUT2D eigenvalue weighted by atomic mass is 32.1. The maximum Gasteiger partial charge on any atom is 0.226 e. The van der Waals surface area contributed by atoms with E-state index >= 15 is 0 Å². The predicted molar refractivity (Wildman–Crippen MR) is 101 cm³/mol. The highest BCUT2D eigenvalue weighted by Crippen LogP contribution is 2.41. The van der Waals surface area contributed by atoms with Crippen molar-refractivity contribution in [2.24, 2.45) is 5.92 Å². The Hall–Kier alpha value is -2.21. The van der Waals surface area contributed by atoms with Crippen molar-refractivity contribution in [3.63, 3.8) is 0 Å². The van der Waals surface area contributed by atoms with E-state index in [2.05, 4.69) is 10.3 Å². The molecule has 2 unspecified atom stereocenters. The van der Waals surface area contributed by atoms with E-state index in [0.717, 1.165) is 16.8 Å². The number of likely N-dealkylation sites (tertiary alicyclic amines) is 1. The quantitative estimate of drug-likeness (QED) is 0.881. The fraction of sp³-hybridized carbons (Fsp3) is 0.450. The van der Waals surface area contributed by atoms with Crippen LogP contribution in [-0.2, 0) is 16.1 Å². The molecule has 26 heavy (non-hydrogen) atoms. The van der Waals surface area contributed by atoms with Crippen LogP contribution in [0.4, 0.5) is 0 Å². The Morgan fingerprint density at radius 1 is 1.31 bits per heavy atom. The Kier molecular flexibility index (Phi) is 4.53. The summed E-state index contributed by atoms with van der Waals surface area (Å²) < 4.78 is 0. The van der Waals surface area contributed by atoms with Gasteiger partial charge in [0.2, 0.25) is 11.8 Å². The van der Waals surface area contributed by atoms with Gasteiger partial charge in [0.05, 0.1) is 29.2 Å². The van der Waals surface area contributed by atoms with Crippen LogP contribution in [0, 0.1) is 12.8 Å².